The predicted molar refractivity (Wildman–Crippen MR) is 89.7 cm³/mol. The first-order valence-electron chi connectivity index (χ1n) is 8.71. The molecule has 2 unspecified atom stereocenters. The molecule has 156 valence electrons. The minimum absolute atomic E-state index is 0.0937. The number of amides is 2. The van der Waals surface area contributed by atoms with Crippen LogP contribution in [0, 0.1) is 18.8 Å². The number of carbonyl (C=O) groups excluding carboxylic acids is 2. The number of carbonyl (C=O) groups is 2. The summed E-state index contributed by atoms with van der Waals surface area (Å²) < 4.78 is 76.3. The number of rotatable bonds is 4. The molecule has 2 N–H and O–H groups in total. The monoisotopic (exact) mass is 410 g/mol. The molecule has 0 aliphatic heterocycles. The fraction of sp³-hybridized carbons (Fsp3) is 0.556. The van der Waals surface area contributed by atoms with Crippen LogP contribution >= 0.6 is 0 Å². The SMILES string of the molecule is Cc1ccc(C(=O)NCC(F)(F)F)cc1NC(=O)C1CCCCC1C(F)(F)F. The summed E-state index contributed by atoms with van der Waals surface area (Å²) in [4.78, 5) is 24.3. The molecule has 1 fully saturated rings. The van der Waals surface area contributed by atoms with Crippen molar-refractivity contribution in [1.82, 2.24) is 5.32 Å². The van der Waals surface area contributed by atoms with Gasteiger partial charge in [-0.15, -0.1) is 0 Å². The van der Waals surface area contributed by atoms with E-state index in [9.17, 15) is 35.9 Å². The van der Waals surface area contributed by atoms with E-state index >= 15 is 0 Å². The van der Waals surface area contributed by atoms with Crippen molar-refractivity contribution in [2.45, 2.75) is 45.0 Å². The van der Waals surface area contributed by atoms with E-state index in [-0.39, 0.29) is 24.1 Å². The molecule has 1 aliphatic carbocycles. The molecule has 0 aromatic heterocycles. The van der Waals surface area contributed by atoms with E-state index in [0.29, 0.717) is 18.4 Å². The first-order chi connectivity index (χ1) is 12.9. The van der Waals surface area contributed by atoms with Gasteiger partial charge in [-0.3, -0.25) is 9.59 Å². The fourth-order valence-corrected chi connectivity index (χ4v) is 3.24. The molecule has 2 atom stereocenters. The van der Waals surface area contributed by atoms with Gasteiger partial charge >= 0.3 is 12.4 Å². The van der Waals surface area contributed by atoms with Gasteiger partial charge in [0.25, 0.3) is 5.91 Å². The normalized spacial score (nSPS) is 20.5. The van der Waals surface area contributed by atoms with Crippen LogP contribution in [-0.4, -0.2) is 30.7 Å². The third-order valence-corrected chi connectivity index (χ3v) is 4.73. The Morgan fingerprint density at radius 2 is 1.71 bits per heavy atom. The number of alkyl halides is 6. The maximum Gasteiger partial charge on any atom is 0.405 e. The van der Waals surface area contributed by atoms with Gasteiger partial charge in [-0.2, -0.15) is 26.3 Å². The van der Waals surface area contributed by atoms with E-state index in [0.717, 1.165) is 6.07 Å². The molecular weight excluding hydrogens is 390 g/mol. The standard InChI is InChI=1S/C18H20F6N2O2/c1-10-6-7-11(15(27)25-9-17(19,20)21)8-14(10)26-16(28)12-4-2-3-5-13(12)18(22,23)24/h6-8,12-13H,2-5,9H2,1H3,(H,25,27)(H,26,28). The van der Waals surface area contributed by atoms with Gasteiger partial charge in [0.2, 0.25) is 5.91 Å². The highest BCUT2D eigenvalue weighted by molar-refractivity contribution is 5.98. The third-order valence-electron chi connectivity index (χ3n) is 4.73. The van der Waals surface area contributed by atoms with Crippen molar-refractivity contribution in [3.05, 3.63) is 29.3 Å². The highest BCUT2D eigenvalue weighted by Gasteiger charge is 2.48. The average Bonchev–Trinajstić information content (AvgIpc) is 2.60. The Morgan fingerprint density at radius 1 is 1.07 bits per heavy atom. The zero-order chi connectivity index (χ0) is 21.1. The van der Waals surface area contributed by atoms with Crippen molar-refractivity contribution in [3.8, 4) is 0 Å². The Balaban J connectivity index is 2.14. The molecule has 0 radical (unpaired) electrons. The van der Waals surface area contributed by atoms with Gasteiger partial charge in [0.05, 0.1) is 5.92 Å². The summed E-state index contributed by atoms with van der Waals surface area (Å²) in [5.41, 5.74) is 0.428. The summed E-state index contributed by atoms with van der Waals surface area (Å²) >= 11 is 0. The number of nitrogens with one attached hydrogen (secondary N) is 2. The topological polar surface area (TPSA) is 58.2 Å². The maximum absolute atomic E-state index is 13.2. The summed E-state index contributed by atoms with van der Waals surface area (Å²) in [6.45, 7) is 0.0475. The Labute approximate surface area is 157 Å². The van der Waals surface area contributed by atoms with E-state index in [4.69, 9.17) is 0 Å². The Kier molecular flexibility index (Phi) is 6.61. The third kappa shape index (κ3) is 5.87. The summed E-state index contributed by atoms with van der Waals surface area (Å²) in [5, 5.41) is 4.11. The molecule has 4 nitrogen and oxygen atoms in total. The lowest BCUT2D eigenvalue weighted by Crippen LogP contribution is -2.39. The molecular formula is C18H20F6N2O2. The zero-order valence-corrected chi connectivity index (χ0v) is 15.0. The molecule has 1 saturated carbocycles. The first kappa shape index (κ1) is 22.0. The molecule has 0 spiro atoms. The minimum atomic E-state index is -4.58. The van der Waals surface area contributed by atoms with Crippen molar-refractivity contribution in [2.24, 2.45) is 11.8 Å². The van der Waals surface area contributed by atoms with Gasteiger partial charge in [-0.05, 0) is 37.5 Å². The van der Waals surface area contributed by atoms with Gasteiger partial charge in [0.15, 0.2) is 0 Å². The molecule has 0 saturated heterocycles. The molecule has 0 heterocycles. The van der Waals surface area contributed by atoms with Crippen LogP contribution in [0.1, 0.15) is 41.6 Å². The predicted octanol–water partition coefficient (Wildman–Crippen LogP) is 4.59. The van der Waals surface area contributed by atoms with E-state index in [1.165, 1.54) is 12.1 Å². The van der Waals surface area contributed by atoms with Crippen LogP contribution in [0.15, 0.2) is 18.2 Å². The second-order valence-corrected chi connectivity index (χ2v) is 6.86. The lowest BCUT2D eigenvalue weighted by molar-refractivity contribution is -0.197. The molecule has 0 bridgehead atoms. The summed E-state index contributed by atoms with van der Waals surface area (Å²) in [5.74, 6) is -4.78. The van der Waals surface area contributed by atoms with E-state index in [1.807, 2.05) is 0 Å². The van der Waals surface area contributed by atoms with Crippen molar-refractivity contribution < 1.29 is 35.9 Å². The number of hydrogen-bond donors (Lipinski definition) is 2. The number of aryl methyl sites for hydroxylation is 1. The second-order valence-electron chi connectivity index (χ2n) is 6.86. The van der Waals surface area contributed by atoms with Gasteiger partial charge in [-0.25, -0.2) is 0 Å². The maximum atomic E-state index is 13.2. The van der Waals surface area contributed by atoms with Gasteiger partial charge in [0.1, 0.15) is 6.54 Å². The van der Waals surface area contributed by atoms with Crippen molar-refractivity contribution >= 4 is 17.5 Å². The Bertz CT molecular complexity index is 730. The van der Waals surface area contributed by atoms with Crippen molar-refractivity contribution in [1.29, 1.82) is 0 Å². The Morgan fingerprint density at radius 3 is 2.32 bits per heavy atom. The van der Waals surface area contributed by atoms with Crippen LogP contribution in [0.25, 0.3) is 0 Å². The zero-order valence-electron chi connectivity index (χ0n) is 15.0. The van der Waals surface area contributed by atoms with Crippen molar-refractivity contribution in [3.63, 3.8) is 0 Å². The smallest absolute Gasteiger partial charge is 0.343 e. The van der Waals surface area contributed by atoms with Crippen LogP contribution in [0.2, 0.25) is 0 Å². The quantitative estimate of drug-likeness (QED) is 0.714. The molecule has 2 rings (SSSR count). The van der Waals surface area contributed by atoms with Crippen LogP contribution in [-0.2, 0) is 4.79 Å². The first-order valence-corrected chi connectivity index (χ1v) is 8.71. The van der Waals surface area contributed by atoms with Crippen LogP contribution in [0.4, 0.5) is 32.0 Å². The van der Waals surface area contributed by atoms with Crippen LogP contribution < -0.4 is 10.6 Å². The molecule has 10 heteroatoms. The number of benzene rings is 1. The summed E-state index contributed by atoms with van der Waals surface area (Å²) in [6, 6.07) is 3.83. The Hall–Kier alpha value is -2.26. The number of halogens is 6. The highest BCUT2D eigenvalue weighted by atomic mass is 19.4. The molecule has 1 aromatic carbocycles. The lowest BCUT2D eigenvalue weighted by atomic mass is 9.78. The lowest BCUT2D eigenvalue weighted by Gasteiger charge is -2.32. The average molecular weight is 410 g/mol. The van der Waals surface area contributed by atoms with E-state index in [1.54, 1.807) is 12.2 Å². The molecule has 1 aliphatic rings. The van der Waals surface area contributed by atoms with Crippen LogP contribution in [0.5, 0.6) is 0 Å². The largest absolute Gasteiger partial charge is 0.405 e. The highest BCUT2D eigenvalue weighted by Crippen LogP contribution is 2.42. The van der Waals surface area contributed by atoms with Gasteiger partial charge in [0, 0.05) is 17.2 Å². The minimum Gasteiger partial charge on any atom is -0.343 e. The summed E-state index contributed by atoms with van der Waals surface area (Å²) in [7, 11) is 0. The van der Waals surface area contributed by atoms with Crippen LogP contribution in [0.3, 0.4) is 0 Å². The summed E-state index contributed by atoms with van der Waals surface area (Å²) in [6.07, 6.45) is -8.20. The molecule has 2 amide bonds. The molecule has 1 aromatic rings. The van der Waals surface area contributed by atoms with Gasteiger partial charge < -0.3 is 10.6 Å². The fourth-order valence-electron chi connectivity index (χ4n) is 3.24. The van der Waals surface area contributed by atoms with E-state index < -0.39 is 42.5 Å². The second kappa shape index (κ2) is 8.40. The molecule has 28 heavy (non-hydrogen) atoms. The van der Waals surface area contributed by atoms with Gasteiger partial charge in [-0.1, -0.05) is 18.9 Å². The number of anilines is 1. The van der Waals surface area contributed by atoms with E-state index in [2.05, 4.69) is 5.32 Å². The number of hydrogen-bond acceptors (Lipinski definition) is 2. The van der Waals surface area contributed by atoms with Crippen molar-refractivity contribution in [2.75, 3.05) is 11.9 Å².